The van der Waals surface area contributed by atoms with Crippen LogP contribution in [0.25, 0.3) is 5.69 Å². The number of urea groups is 1. The molecule has 2 aromatic carbocycles. The lowest BCUT2D eigenvalue weighted by Crippen LogP contribution is -2.23. The van der Waals surface area contributed by atoms with E-state index in [1.165, 1.54) is 18.2 Å². The van der Waals surface area contributed by atoms with Gasteiger partial charge in [0.2, 0.25) is 0 Å². The van der Waals surface area contributed by atoms with E-state index >= 15 is 0 Å². The number of aromatic nitrogens is 2. The highest BCUT2D eigenvalue weighted by Gasteiger charge is 2.33. The van der Waals surface area contributed by atoms with Crippen LogP contribution in [0.3, 0.4) is 0 Å². The highest BCUT2D eigenvalue weighted by Crippen LogP contribution is 2.37. The molecule has 1 fully saturated rings. The zero-order valence-electron chi connectivity index (χ0n) is 15.4. The van der Waals surface area contributed by atoms with Crippen LogP contribution in [-0.4, -0.2) is 15.8 Å². The lowest BCUT2D eigenvalue weighted by atomic mass is 9.83. The van der Waals surface area contributed by atoms with E-state index in [1.54, 1.807) is 10.7 Å². The number of amides is 2. The summed E-state index contributed by atoms with van der Waals surface area (Å²) in [5.74, 6) is 0.745. The van der Waals surface area contributed by atoms with Gasteiger partial charge in [-0.05, 0) is 37.1 Å². The van der Waals surface area contributed by atoms with Crippen LogP contribution in [0.4, 0.5) is 29.5 Å². The molecule has 1 saturated carbocycles. The van der Waals surface area contributed by atoms with E-state index in [2.05, 4.69) is 15.7 Å². The first-order valence-corrected chi connectivity index (χ1v) is 9.31. The lowest BCUT2D eigenvalue weighted by molar-refractivity contribution is -0.136. The lowest BCUT2D eigenvalue weighted by Gasteiger charge is -2.22. The molecule has 0 radical (unpaired) electrons. The first-order chi connectivity index (χ1) is 13.9. The van der Waals surface area contributed by atoms with Crippen molar-refractivity contribution in [1.29, 1.82) is 0 Å². The minimum Gasteiger partial charge on any atom is -0.307 e. The van der Waals surface area contributed by atoms with Crippen LogP contribution in [0.15, 0.2) is 60.7 Å². The fourth-order valence-corrected chi connectivity index (χ4v) is 3.27. The first kappa shape index (κ1) is 19.0. The smallest absolute Gasteiger partial charge is 0.307 e. The molecular weight excluding hydrogens is 381 g/mol. The molecule has 0 aliphatic heterocycles. The maximum Gasteiger partial charge on any atom is 0.418 e. The minimum absolute atomic E-state index is 0.303. The fraction of sp³-hybridized carbons (Fsp3) is 0.238. The molecular formula is C21H19F3N4O. The first-order valence-electron chi connectivity index (χ1n) is 9.31. The third kappa shape index (κ3) is 4.11. The summed E-state index contributed by atoms with van der Waals surface area (Å²) < 4.78 is 41.1. The molecule has 0 spiro atoms. The molecule has 1 aliphatic carbocycles. The number of alkyl halides is 3. The van der Waals surface area contributed by atoms with Crippen LogP contribution in [0.5, 0.6) is 0 Å². The molecule has 1 aliphatic rings. The van der Waals surface area contributed by atoms with E-state index in [-0.39, 0.29) is 5.69 Å². The number of hydrogen-bond acceptors (Lipinski definition) is 2. The van der Waals surface area contributed by atoms with Crippen LogP contribution < -0.4 is 10.6 Å². The number of para-hydroxylation sites is 2. The minimum atomic E-state index is -4.56. The molecule has 0 atom stereocenters. The second-order valence-electron chi connectivity index (χ2n) is 6.95. The summed E-state index contributed by atoms with van der Waals surface area (Å²) in [6.45, 7) is 0. The van der Waals surface area contributed by atoms with Gasteiger partial charge >= 0.3 is 12.2 Å². The number of nitrogens with one attached hydrogen (secondary N) is 2. The molecule has 8 heteroatoms. The van der Waals surface area contributed by atoms with Crippen molar-refractivity contribution in [2.24, 2.45) is 0 Å². The molecule has 4 rings (SSSR count). The van der Waals surface area contributed by atoms with Gasteiger partial charge in [0.1, 0.15) is 5.82 Å². The molecule has 0 bridgehead atoms. The van der Waals surface area contributed by atoms with Gasteiger partial charge in [-0.15, -0.1) is 0 Å². The van der Waals surface area contributed by atoms with E-state index in [4.69, 9.17) is 0 Å². The van der Waals surface area contributed by atoms with E-state index in [9.17, 15) is 18.0 Å². The summed E-state index contributed by atoms with van der Waals surface area (Å²) in [6.07, 6.45) is -1.35. The largest absolute Gasteiger partial charge is 0.418 e. The molecule has 2 N–H and O–H groups in total. The van der Waals surface area contributed by atoms with Gasteiger partial charge in [0.15, 0.2) is 0 Å². The van der Waals surface area contributed by atoms with E-state index in [0.29, 0.717) is 11.7 Å². The van der Waals surface area contributed by atoms with Crippen molar-refractivity contribution < 1.29 is 18.0 Å². The predicted molar refractivity (Wildman–Crippen MR) is 104 cm³/mol. The number of hydrogen-bond donors (Lipinski definition) is 2. The highest BCUT2D eigenvalue weighted by atomic mass is 19.4. The topological polar surface area (TPSA) is 59.0 Å². The van der Waals surface area contributed by atoms with Crippen molar-refractivity contribution in [3.05, 3.63) is 71.9 Å². The van der Waals surface area contributed by atoms with Gasteiger partial charge in [-0.2, -0.15) is 18.3 Å². The molecule has 29 heavy (non-hydrogen) atoms. The summed E-state index contributed by atoms with van der Waals surface area (Å²) in [4.78, 5) is 12.5. The Labute approximate surface area is 165 Å². The van der Waals surface area contributed by atoms with Crippen molar-refractivity contribution in [2.45, 2.75) is 31.4 Å². The quantitative estimate of drug-likeness (QED) is 0.581. The molecule has 1 heterocycles. The van der Waals surface area contributed by atoms with Crippen LogP contribution in [0.1, 0.15) is 36.4 Å². The number of carbonyl (C=O) groups excluding carboxylic acids is 1. The number of carbonyl (C=O) groups is 1. The molecule has 5 nitrogen and oxygen atoms in total. The Hall–Kier alpha value is -3.29. The third-order valence-electron chi connectivity index (χ3n) is 4.97. The second kappa shape index (κ2) is 7.62. The van der Waals surface area contributed by atoms with Gasteiger partial charge in [0, 0.05) is 12.0 Å². The highest BCUT2D eigenvalue weighted by molar-refractivity contribution is 6.00. The summed E-state index contributed by atoms with van der Waals surface area (Å²) in [7, 11) is 0. The summed E-state index contributed by atoms with van der Waals surface area (Å²) in [5.41, 5.74) is 0.416. The van der Waals surface area contributed by atoms with Gasteiger partial charge in [0.05, 0.1) is 22.6 Å². The summed E-state index contributed by atoms with van der Waals surface area (Å²) in [6, 6.07) is 15.1. The average molecular weight is 400 g/mol. The van der Waals surface area contributed by atoms with Crippen molar-refractivity contribution in [3.8, 4) is 5.69 Å². The van der Waals surface area contributed by atoms with Crippen LogP contribution in [0, 0.1) is 0 Å². The van der Waals surface area contributed by atoms with Crippen molar-refractivity contribution in [2.75, 3.05) is 10.6 Å². The number of rotatable bonds is 4. The Balaban J connectivity index is 1.59. The maximum atomic E-state index is 13.2. The monoisotopic (exact) mass is 400 g/mol. The van der Waals surface area contributed by atoms with Crippen LogP contribution >= 0.6 is 0 Å². The number of anilines is 2. The molecule has 1 aromatic heterocycles. The fourth-order valence-electron chi connectivity index (χ4n) is 3.27. The molecule has 150 valence electrons. The van der Waals surface area contributed by atoms with E-state index in [0.717, 1.165) is 36.7 Å². The molecule has 2 amide bonds. The SMILES string of the molecule is O=C(Nc1ccccc1C(F)(F)F)Nc1cc(C2CCC2)nn1-c1ccccc1. The van der Waals surface area contributed by atoms with E-state index < -0.39 is 17.8 Å². The normalized spacial score (nSPS) is 14.3. The van der Waals surface area contributed by atoms with Crippen LogP contribution in [0.2, 0.25) is 0 Å². The zero-order chi connectivity index (χ0) is 20.4. The van der Waals surface area contributed by atoms with Crippen LogP contribution in [-0.2, 0) is 6.18 Å². The number of benzene rings is 2. The van der Waals surface area contributed by atoms with E-state index in [1.807, 2.05) is 30.3 Å². The van der Waals surface area contributed by atoms with Gasteiger partial charge in [-0.25, -0.2) is 9.48 Å². The standard InChI is InChI=1S/C21H19F3N4O/c22-21(23,24)16-11-4-5-12-17(16)25-20(29)26-19-13-18(14-7-6-8-14)27-28(19)15-9-2-1-3-10-15/h1-5,9-14H,6-8H2,(H2,25,26,29). The summed E-state index contributed by atoms with van der Waals surface area (Å²) >= 11 is 0. The zero-order valence-corrected chi connectivity index (χ0v) is 15.4. The molecule has 0 unspecified atom stereocenters. The van der Waals surface area contributed by atoms with Crippen molar-refractivity contribution in [3.63, 3.8) is 0 Å². The Morgan fingerprint density at radius 2 is 1.69 bits per heavy atom. The van der Waals surface area contributed by atoms with Crippen molar-refractivity contribution in [1.82, 2.24) is 9.78 Å². The van der Waals surface area contributed by atoms with Gasteiger partial charge in [-0.1, -0.05) is 36.8 Å². The Bertz CT molecular complexity index is 1010. The second-order valence-corrected chi connectivity index (χ2v) is 6.95. The van der Waals surface area contributed by atoms with Crippen molar-refractivity contribution >= 4 is 17.5 Å². The van der Waals surface area contributed by atoms with Gasteiger partial charge in [0.25, 0.3) is 0 Å². The number of halogens is 3. The van der Waals surface area contributed by atoms with Gasteiger partial charge < -0.3 is 5.32 Å². The Morgan fingerprint density at radius 3 is 2.34 bits per heavy atom. The van der Waals surface area contributed by atoms with Gasteiger partial charge in [-0.3, -0.25) is 5.32 Å². The average Bonchev–Trinajstić information content (AvgIpc) is 3.03. The predicted octanol–water partition coefficient (Wildman–Crippen LogP) is 5.80. The Morgan fingerprint density at radius 1 is 1.00 bits per heavy atom. The third-order valence-corrected chi connectivity index (χ3v) is 4.97. The summed E-state index contributed by atoms with van der Waals surface area (Å²) in [5, 5.41) is 9.56. The molecule has 3 aromatic rings. The maximum absolute atomic E-state index is 13.2. The number of nitrogens with zero attached hydrogens (tertiary/aromatic N) is 2. The molecule has 0 saturated heterocycles. The Kier molecular flexibility index (Phi) is 5.00.